The van der Waals surface area contributed by atoms with Crippen LogP contribution in [0.5, 0.6) is 0 Å². The Morgan fingerprint density at radius 2 is 1.62 bits per heavy atom. The van der Waals surface area contributed by atoms with Gasteiger partial charge in [-0.15, -0.1) is 0 Å². The molecule has 0 radical (unpaired) electrons. The molecule has 1 fully saturated rings. The molecule has 0 aromatic heterocycles. The molecule has 8 nitrogen and oxygen atoms in total. The van der Waals surface area contributed by atoms with Gasteiger partial charge in [0.1, 0.15) is 12.6 Å². The van der Waals surface area contributed by atoms with E-state index in [0.717, 1.165) is 31.6 Å². The number of carbonyl (C=O) groups is 2. The number of cyclic esters (lactones) is 1. The predicted molar refractivity (Wildman–Crippen MR) is 154 cm³/mol. The number of aryl methyl sites for hydroxylation is 1. The minimum atomic E-state index is -3.97. The molecule has 0 bridgehead atoms. The molecule has 0 N–H and O–H groups in total. The van der Waals surface area contributed by atoms with Crippen LogP contribution in [0.1, 0.15) is 30.9 Å². The number of benzene rings is 3. The second kappa shape index (κ2) is 11.8. The minimum absolute atomic E-state index is 0.0627. The molecule has 1 saturated heterocycles. The van der Waals surface area contributed by atoms with Gasteiger partial charge >= 0.3 is 6.09 Å². The van der Waals surface area contributed by atoms with Gasteiger partial charge in [0.05, 0.1) is 11.8 Å². The highest BCUT2D eigenvalue weighted by atomic mass is 35.5. The van der Waals surface area contributed by atoms with Crippen molar-refractivity contribution in [3.05, 3.63) is 95.0 Å². The topological polar surface area (TPSA) is 96.4 Å². The first-order valence-electron chi connectivity index (χ1n) is 13.2. The molecule has 2 heterocycles. The highest BCUT2D eigenvalue weighted by Gasteiger charge is 2.45. The first-order valence-corrected chi connectivity index (χ1v) is 15.1. The second-order valence-corrected chi connectivity index (χ2v) is 12.4. The lowest BCUT2D eigenvalue weighted by Gasteiger charge is -2.34. The van der Waals surface area contributed by atoms with Crippen LogP contribution < -0.4 is 0 Å². The number of halogens is 1. The zero-order valence-corrected chi connectivity index (χ0v) is 23.6. The number of sulfonamides is 1. The third-order valence-electron chi connectivity index (χ3n) is 7.18. The van der Waals surface area contributed by atoms with Gasteiger partial charge in [-0.1, -0.05) is 78.3 Å². The first-order chi connectivity index (χ1) is 19.2. The Morgan fingerprint density at radius 1 is 0.975 bits per heavy atom. The zero-order valence-electron chi connectivity index (χ0n) is 22.1. The van der Waals surface area contributed by atoms with E-state index < -0.39 is 34.1 Å². The number of amides is 2. The van der Waals surface area contributed by atoms with E-state index >= 15 is 0 Å². The minimum Gasteiger partial charge on any atom is -0.447 e. The van der Waals surface area contributed by atoms with Crippen LogP contribution in [-0.4, -0.2) is 59.9 Å². The van der Waals surface area contributed by atoms with E-state index in [1.54, 1.807) is 6.92 Å². The van der Waals surface area contributed by atoms with Gasteiger partial charge in [-0.25, -0.2) is 18.1 Å². The van der Waals surface area contributed by atoms with Crippen LogP contribution in [0.4, 0.5) is 4.79 Å². The maximum absolute atomic E-state index is 13.7. The van der Waals surface area contributed by atoms with Crippen molar-refractivity contribution in [1.82, 2.24) is 9.31 Å². The Kier molecular flexibility index (Phi) is 8.23. The number of hydrogen-bond acceptors (Lipinski definition) is 6. The maximum Gasteiger partial charge on any atom is 0.417 e. The van der Waals surface area contributed by atoms with E-state index in [0.29, 0.717) is 23.6 Å². The lowest BCUT2D eigenvalue weighted by molar-refractivity contribution is -0.133. The molecule has 5 rings (SSSR count). The Hall–Kier alpha value is -3.69. The van der Waals surface area contributed by atoms with Crippen molar-refractivity contribution in [3.63, 3.8) is 0 Å². The van der Waals surface area contributed by atoms with Crippen molar-refractivity contribution in [2.45, 2.75) is 44.7 Å². The van der Waals surface area contributed by atoms with Gasteiger partial charge in [0, 0.05) is 10.7 Å². The van der Waals surface area contributed by atoms with E-state index in [9.17, 15) is 18.0 Å². The fourth-order valence-corrected chi connectivity index (χ4v) is 6.65. The molecular weight excluding hydrogens is 550 g/mol. The van der Waals surface area contributed by atoms with Crippen molar-refractivity contribution in [1.29, 1.82) is 0 Å². The average molecular weight is 580 g/mol. The lowest BCUT2D eigenvalue weighted by atomic mass is 10.0. The average Bonchev–Trinajstić information content (AvgIpc) is 3.32. The summed E-state index contributed by atoms with van der Waals surface area (Å²) in [7, 11) is -3.97. The summed E-state index contributed by atoms with van der Waals surface area (Å²) in [6, 6.07) is 23.0. The summed E-state index contributed by atoms with van der Waals surface area (Å²) in [4.78, 5) is 27.4. The molecule has 2 amide bonds. The van der Waals surface area contributed by atoms with Gasteiger partial charge in [0.15, 0.2) is 0 Å². The predicted octanol–water partition coefficient (Wildman–Crippen LogP) is 5.31. The van der Waals surface area contributed by atoms with Crippen LogP contribution in [0, 0.1) is 0 Å². The second-order valence-electron chi connectivity index (χ2n) is 10.1. The van der Waals surface area contributed by atoms with E-state index in [4.69, 9.17) is 16.3 Å². The summed E-state index contributed by atoms with van der Waals surface area (Å²) in [5, 5.41) is 4.95. The fraction of sp³-hybridized carbons (Fsp3) is 0.300. The number of ether oxygens (including phenoxy) is 1. The molecule has 208 valence electrons. The summed E-state index contributed by atoms with van der Waals surface area (Å²) < 4.78 is 33.2. The SMILES string of the molecule is CC1=NN(S(=O)(=O)CCc2ccc(-c3ccc(Cl)cc3)cc2)[C@@H](C(=O)N2C(=O)OC[C@H]2Cc2ccccc2)CC1. The molecule has 3 aromatic carbocycles. The van der Waals surface area contributed by atoms with Crippen LogP contribution in [0.15, 0.2) is 84.0 Å². The highest BCUT2D eigenvalue weighted by Crippen LogP contribution is 2.27. The fourth-order valence-electron chi connectivity index (χ4n) is 4.99. The van der Waals surface area contributed by atoms with Crippen LogP contribution in [0.25, 0.3) is 11.1 Å². The standard InChI is InChI=1S/C30H30ClN3O5S/c1-21-7-16-28(29(35)33-27(20-39-30(33)36)19-23-5-3-2-4-6-23)34(32-21)40(37,38)18-17-22-8-10-24(11-9-22)25-12-14-26(31)15-13-25/h2-6,8-15,27-28H,7,16-20H2,1H3/t27-,28-/m1/s1. The van der Waals surface area contributed by atoms with Crippen LogP contribution in [0.2, 0.25) is 5.02 Å². The molecule has 2 aliphatic rings. The van der Waals surface area contributed by atoms with Crippen LogP contribution >= 0.6 is 11.6 Å². The Labute approximate surface area is 239 Å². The summed E-state index contributed by atoms with van der Waals surface area (Å²) in [5.74, 6) is -0.832. The van der Waals surface area contributed by atoms with Crippen LogP contribution in [-0.2, 0) is 32.4 Å². The number of hydrazone groups is 1. The van der Waals surface area contributed by atoms with Gasteiger partial charge < -0.3 is 4.74 Å². The molecule has 0 unspecified atom stereocenters. The Balaban J connectivity index is 1.30. The quantitative estimate of drug-likeness (QED) is 0.360. The van der Waals surface area contributed by atoms with Gasteiger partial charge in [0.25, 0.3) is 15.9 Å². The van der Waals surface area contributed by atoms with Crippen molar-refractivity contribution in [3.8, 4) is 11.1 Å². The third-order valence-corrected chi connectivity index (χ3v) is 9.06. The highest BCUT2D eigenvalue weighted by molar-refractivity contribution is 7.89. The van der Waals surface area contributed by atoms with Gasteiger partial charge in [-0.05, 0) is 67.0 Å². The summed E-state index contributed by atoms with van der Waals surface area (Å²) in [5.41, 5.74) is 4.41. The molecule has 2 atom stereocenters. The number of carbonyl (C=O) groups excluding carboxylic acids is 2. The van der Waals surface area contributed by atoms with Crippen molar-refractivity contribution in [2.75, 3.05) is 12.4 Å². The number of rotatable bonds is 8. The van der Waals surface area contributed by atoms with Gasteiger partial charge in [-0.2, -0.15) is 9.52 Å². The molecule has 0 saturated carbocycles. The Morgan fingerprint density at radius 3 is 2.30 bits per heavy atom. The molecular formula is C30H30ClN3O5S. The maximum atomic E-state index is 13.7. The number of nitrogens with zero attached hydrogens (tertiary/aromatic N) is 3. The lowest BCUT2D eigenvalue weighted by Crippen LogP contribution is -2.54. The molecule has 10 heteroatoms. The van der Waals surface area contributed by atoms with Crippen LogP contribution in [0.3, 0.4) is 0 Å². The molecule has 40 heavy (non-hydrogen) atoms. The van der Waals surface area contributed by atoms with Crippen molar-refractivity contribution in [2.24, 2.45) is 5.10 Å². The summed E-state index contributed by atoms with van der Waals surface area (Å²) >= 11 is 5.98. The van der Waals surface area contributed by atoms with E-state index in [1.807, 2.05) is 78.9 Å². The zero-order chi connectivity index (χ0) is 28.3. The number of hydrogen-bond donors (Lipinski definition) is 0. The summed E-state index contributed by atoms with van der Waals surface area (Å²) in [6.45, 7) is 1.80. The smallest absolute Gasteiger partial charge is 0.417 e. The monoisotopic (exact) mass is 579 g/mol. The number of imide groups is 1. The molecule has 2 aliphatic heterocycles. The van der Waals surface area contributed by atoms with E-state index in [2.05, 4.69) is 5.10 Å². The Bertz CT molecular complexity index is 1510. The van der Waals surface area contributed by atoms with Gasteiger partial charge in [-0.3, -0.25) is 4.79 Å². The first kappa shape index (κ1) is 27.9. The largest absolute Gasteiger partial charge is 0.447 e. The van der Waals surface area contributed by atoms with E-state index in [1.165, 1.54) is 0 Å². The normalized spacial score (nSPS) is 19.4. The van der Waals surface area contributed by atoms with Crippen molar-refractivity contribution < 1.29 is 22.7 Å². The van der Waals surface area contributed by atoms with E-state index in [-0.39, 0.29) is 25.2 Å². The molecule has 3 aromatic rings. The third kappa shape index (κ3) is 6.21. The van der Waals surface area contributed by atoms with Gasteiger partial charge in [0.2, 0.25) is 0 Å². The summed E-state index contributed by atoms with van der Waals surface area (Å²) in [6.07, 6.45) is 0.616. The molecule has 0 spiro atoms. The van der Waals surface area contributed by atoms with Crippen molar-refractivity contribution >= 4 is 39.3 Å². The molecule has 0 aliphatic carbocycles.